The van der Waals surface area contributed by atoms with Crippen molar-refractivity contribution in [2.45, 2.75) is 80.1 Å². The quantitative estimate of drug-likeness (QED) is 0.688. The molecule has 21 heavy (non-hydrogen) atoms. The van der Waals surface area contributed by atoms with E-state index in [1.165, 1.54) is 11.1 Å². The molecule has 1 heteroatoms. The van der Waals surface area contributed by atoms with Crippen LogP contribution in [-0.4, -0.2) is 5.48 Å². The maximum Gasteiger partial charge on any atom is -0.00550 e. The van der Waals surface area contributed by atoms with Crippen molar-refractivity contribution in [1.82, 2.24) is 0 Å². The normalized spacial score (nSPS) is 13.8. The monoisotopic (exact) mass is 292 g/mol. The topological polar surface area (TPSA) is 31.5 Å². The molecule has 0 amide bonds. The standard InChI is InChI=1S/C20H34.H2O/c1-17(2,3)19(7,8)15-12-11-13-16(14-15)20(9,10)18(4,5)6;/h11-14H,1-10H3;1H2. The van der Waals surface area contributed by atoms with Gasteiger partial charge in [0.25, 0.3) is 0 Å². The summed E-state index contributed by atoms with van der Waals surface area (Å²) in [6.45, 7) is 23.4. The van der Waals surface area contributed by atoms with E-state index in [-0.39, 0.29) is 27.1 Å². The first kappa shape index (κ1) is 20.2. The SMILES string of the molecule is CC(C)(C)C(C)(C)c1cccc(C(C)(C)C(C)(C)C)c1.O. The lowest BCUT2D eigenvalue weighted by Crippen LogP contribution is -2.36. The summed E-state index contributed by atoms with van der Waals surface area (Å²) in [6.07, 6.45) is 0. The molecule has 1 aromatic rings. The molecule has 0 aliphatic rings. The summed E-state index contributed by atoms with van der Waals surface area (Å²) in [4.78, 5) is 0. The second-order valence-electron chi connectivity index (χ2n) is 9.33. The molecule has 0 atom stereocenters. The van der Waals surface area contributed by atoms with Crippen LogP contribution < -0.4 is 0 Å². The zero-order chi connectivity index (χ0) is 16.0. The van der Waals surface area contributed by atoms with Gasteiger partial charge >= 0.3 is 0 Å². The Labute approximate surface area is 132 Å². The van der Waals surface area contributed by atoms with E-state index < -0.39 is 0 Å². The van der Waals surface area contributed by atoms with Crippen LogP contribution >= 0.6 is 0 Å². The lowest BCUT2D eigenvalue weighted by molar-refractivity contribution is 0.217. The average Bonchev–Trinajstić information content (AvgIpc) is 2.26. The number of hydrogen-bond donors (Lipinski definition) is 0. The first-order chi connectivity index (χ1) is 8.71. The van der Waals surface area contributed by atoms with E-state index in [2.05, 4.69) is 93.5 Å². The van der Waals surface area contributed by atoms with Gasteiger partial charge in [-0.05, 0) is 32.8 Å². The van der Waals surface area contributed by atoms with Crippen LogP contribution in [-0.2, 0) is 10.8 Å². The van der Waals surface area contributed by atoms with Gasteiger partial charge in [0.1, 0.15) is 0 Å². The van der Waals surface area contributed by atoms with Crippen molar-refractivity contribution in [3.8, 4) is 0 Å². The smallest absolute Gasteiger partial charge is 0.00550 e. The molecular weight excluding hydrogens is 256 g/mol. The Hall–Kier alpha value is -0.820. The molecule has 0 aliphatic heterocycles. The molecule has 0 saturated carbocycles. The van der Waals surface area contributed by atoms with Crippen LogP contribution in [0.5, 0.6) is 0 Å². The summed E-state index contributed by atoms with van der Waals surface area (Å²) in [7, 11) is 0. The Morgan fingerprint density at radius 2 is 0.857 bits per heavy atom. The fourth-order valence-corrected chi connectivity index (χ4v) is 2.16. The second-order valence-corrected chi connectivity index (χ2v) is 9.33. The first-order valence-electron chi connectivity index (χ1n) is 7.82. The van der Waals surface area contributed by atoms with Gasteiger partial charge in [-0.15, -0.1) is 0 Å². The molecule has 122 valence electrons. The molecule has 0 radical (unpaired) electrons. The zero-order valence-corrected chi connectivity index (χ0v) is 15.8. The molecule has 0 unspecified atom stereocenters. The molecule has 0 aliphatic carbocycles. The van der Waals surface area contributed by atoms with Crippen LogP contribution in [0.2, 0.25) is 0 Å². The zero-order valence-electron chi connectivity index (χ0n) is 15.8. The van der Waals surface area contributed by atoms with Gasteiger partial charge in [-0.25, -0.2) is 0 Å². The van der Waals surface area contributed by atoms with Crippen molar-refractivity contribution in [3.63, 3.8) is 0 Å². The maximum atomic E-state index is 2.43. The predicted molar refractivity (Wildman–Crippen MR) is 95.0 cm³/mol. The lowest BCUT2D eigenvalue weighted by atomic mass is 9.62. The third-order valence-corrected chi connectivity index (χ3v) is 6.06. The Bertz CT molecular complexity index is 426. The summed E-state index contributed by atoms with van der Waals surface area (Å²) >= 11 is 0. The average molecular weight is 293 g/mol. The van der Waals surface area contributed by atoms with E-state index in [4.69, 9.17) is 0 Å². The van der Waals surface area contributed by atoms with Gasteiger partial charge in [0.2, 0.25) is 0 Å². The van der Waals surface area contributed by atoms with Gasteiger partial charge in [-0.1, -0.05) is 93.5 Å². The van der Waals surface area contributed by atoms with Crippen molar-refractivity contribution in [3.05, 3.63) is 35.4 Å². The van der Waals surface area contributed by atoms with E-state index in [9.17, 15) is 0 Å². The molecule has 1 rings (SSSR count). The van der Waals surface area contributed by atoms with E-state index >= 15 is 0 Å². The highest BCUT2D eigenvalue weighted by atomic mass is 16.0. The highest BCUT2D eigenvalue weighted by Crippen LogP contribution is 2.45. The van der Waals surface area contributed by atoms with Crippen LogP contribution in [0.3, 0.4) is 0 Å². The van der Waals surface area contributed by atoms with Crippen molar-refractivity contribution in [1.29, 1.82) is 0 Å². The van der Waals surface area contributed by atoms with Crippen LogP contribution in [0.25, 0.3) is 0 Å². The highest BCUT2D eigenvalue weighted by Gasteiger charge is 2.37. The summed E-state index contributed by atoms with van der Waals surface area (Å²) in [5.74, 6) is 0. The molecule has 0 aromatic heterocycles. The van der Waals surface area contributed by atoms with E-state index in [0.29, 0.717) is 0 Å². The molecule has 0 bridgehead atoms. The van der Waals surface area contributed by atoms with Crippen molar-refractivity contribution < 1.29 is 5.48 Å². The molecular formula is C20H36O. The van der Waals surface area contributed by atoms with Crippen LogP contribution in [0.4, 0.5) is 0 Å². The largest absolute Gasteiger partial charge is 0.412 e. The van der Waals surface area contributed by atoms with E-state index in [1.54, 1.807) is 0 Å². The third kappa shape index (κ3) is 3.69. The van der Waals surface area contributed by atoms with Crippen molar-refractivity contribution in [2.75, 3.05) is 0 Å². The van der Waals surface area contributed by atoms with Crippen LogP contribution in [0.15, 0.2) is 24.3 Å². The van der Waals surface area contributed by atoms with Gasteiger partial charge in [0.05, 0.1) is 0 Å². The molecule has 1 nitrogen and oxygen atoms in total. The molecule has 2 N–H and O–H groups in total. The number of hydrogen-bond acceptors (Lipinski definition) is 0. The summed E-state index contributed by atoms with van der Waals surface area (Å²) < 4.78 is 0. The minimum absolute atomic E-state index is 0. The van der Waals surface area contributed by atoms with Gasteiger partial charge in [0.15, 0.2) is 0 Å². The Morgan fingerprint density at radius 3 is 1.10 bits per heavy atom. The second kappa shape index (κ2) is 5.76. The maximum absolute atomic E-state index is 2.43. The number of rotatable bonds is 2. The van der Waals surface area contributed by atoms with Crippen molar-refractivity contribution >= 4 is 0 Å². The minimum atomic E-state index is 0. The highest BCUT2D eigenvalue weighted by molar-refractivity contribution is 5.35. The molecule has 0 spiro atoms. The lowest BCUT2D eigenvalue weighted by Gasteiger charge is -2.42. The Morgan fingerprint density at radius 1 is 0.571 bits per heavy atom. The van der Waals surface area contributed by atoms with Crippen LogP contribution in [0.1, 0.15) is 80.4 Å². The molecule has 0 fully saturated rings. The fraction of sp³-hybridized carbons (Fsp3) is 0.700. The summed E-state index contributed by atoms with van der Waals surface area (Å²) in [5.41, 5.74) is 3.71. The van der Waals surface area contributed by atoms with Gasteiger partial charge in [-0.2, -0.15) is 0 Å². The minimum Gasteiger partial charge on any atom is -0.412 e. The molecule has 1 aromatic carbocycles. The van der Waals surface area contributed by atoms with Gasteiger partial charge in [-0.3, -0.25) is 0 Å². The third-order valence-electron chi connectivity index (χ3n) is 6.06. The van der Waals surface area contributed by atoms with Gasteiger partial charge in [0, 0.05) is 0 Å². The predicted octanol–water partition coefficient (Wildman–Crippen LogP) is 5.51. The van der Waals surface area contributed by atoms with Gasteiger partial charge < -0.3 is 5.48 Å². The van der Waals surface area contributed by atoms with Crippen LogP contribution in [0, 0.1) is 10.8 Å². The number of benzene rings is 1. The van der Waals surface area contributed by atoms with Crippen molar-refractivity contribution in [2.24, 2.45) is 10.8 Å². The van der Waals surface area contributed by atoms with E-state index in [1.807, 2.05) is 0 Å². The fourth-order valence-electron chi connectivity index (χ4n) is 2.16. The van der Waals surface area contributed by atoms with E-state index in [0.717, 1.165) is 0 Å². The first-order valence-corrected chi connectivity index (χ1v) is 7.82. The Balaban J connectivity index is 0.00000400. The Kier molecular flexibility index (Phi) is 5.53. The summed E-state index contributed by atoms with van der Waals surface area (Å²) in [5, 5.41) is 0. The molecule has 0 heterocycles. The molecule has 0 saturated heterocycles. The summed E-state index contributed by atoms with van der Waals surface area (Å²) in [6, 6.07) is 9.23.